The molecule has 2 heterocycles. The van der Waals surface area contributed by atoms with Crippen LogP contribution in [0, 0.1) is 6.92 Å². The van der Waals surface area contributed by atoms with Gasteiger partial charge in [-0.3, -0.25) is 9.78 Å². The van der Waals surface area contributed by atoms with Gasteiger partial charge in [-0.25, -0.2) is 0 Å². The number of rotatable bonds is 2. The van der Waals surface area contributed by atoms with E-state index in [9.17, 15) is 4.79 Å². The highest BCUT2D eigenvalue weighted by Gasteiger charge is 2.23. The lowest BCUT2D eigenvalue weighted by Crippen LogP contribution is -2.38. The van der Waals surface area contributed by atoms with Gasteiger partial charge >= 0.3 is 0 Å². The number of likely N-dealkylation sites (N-methyl/N-ethyl adjacent to an activating group) is 1. The second kappa shape index (κ2) is 7.56. The first-order valence-corrected chi connectivity index (χ1v) is 5.58. The molecule has 1 aromatic heterocycles. The third-order valence-corrected chi connectivity index (χ3v) is 3.02. The molecule has 0 aliphatic carbocycles. The fraction of sp³-hybridized carbons (Fsp3) is 0.500. The number of amides is 1. The summed E-state index contributed by atoms with van der Waals surface area (Å²) in [5.74, 6) is 0.0601. The number of halogens is 2. The van der Waals surface area contributed by atoms with Gasteiger partial charge in [-0.05, 0) is 31.5 Å². The third kappa shape index (κ3) is 3.83. The number of nitrogens with one attached hydrogen (secondary N) is 1. The molecule has 1 atom stereocenters. The summed E-state index contributed by atoms with van der Waals surface area (Å²) in [6.45, 7) is 3.83. The first kappa shape index (κ1) is 17.2. The molecule has 1 amide bonds. The van der Waals surface area contributed by atoms with E-state index in [1.807, 2.05) is 24.9 Å². The molecule has 1 fully saturated rings. The maximum absolute atomic E-state index is 12.1. The van der Waals surface area contributed by atoms with Crippen LogP contribution < -0.4 is 5.32 Å². The average molecular weight is 292 g/mol. The standard InChI is InChI=1S/C12H17N3O.2ClH/c1-9-5-10(7-14-6-9)12(16)15(2)11-3-4-13-8-11;;/h5-7,11,13H,3-4,8H2,1-2H3;2*1H. The van der Waals surface area contributed by atoms with Crippen LogP contribution >= 0.6 is 24.8 Å². The van der Waals surface area contributed by atoms with Crippen molar-refractivity contribution in [1.82, 2.24) is 15.2 Å². The van der Waals surface area contributed by atoms with Crippen molar-refractivity contribution < 1.29 is 4.79 Å². The molecule has 102 valence electrons. The molecule has 1 unspecified atom stereocenters. The zero-order chi connectivity index (χ0) is 11.5. The molecule has 2 rings (SSSR count). The van der Waals surface area contributed by atoms with Crippen molar-refractivity contribution in [3.8, 4) is 0 Å². The number of hydrogen-bond donors (Lipinski definition) is 1. The predicted molar refractivity (Wildman–Crippen MR) is 76.8 cm³/mol. The lowest BCUT2D eigenvalue weighted by atomic mass is 10.1. The largest absolute Gasteiger partial charge is 0.337 e. The number of carbonyl (C=O) groups excluding carboxylic acids is 1. The van der Waals surface area contributed by atoms with Crippen LogP contribution in [0.3, 0.4) is 0 Å². The van der Waals surface area contributed by atoms with Crippen molar-refractivity contribution in [1.29, 1.82) is 0 Å². The van der Waals surface area contributed by atoms with Crippen molar-refractivity contribution in [2.75, 3.05) is 20.1 Å². The lowest BCUT2D eigenvalue weighted by molar-refractivity contribution is 0.0743. The molecule has 0 saturated carbocycles. The minimum atomic E-state index is 0. The first-order chi connectivity index (χ1) is 7.68. The van der Waals surface area contributed by atoms with Crippen molar-refractivity contribution in [2.24, 2.45) is 0 Å². The Balaban J connectivity index is 0.00000144. The van der Waals surface area contributed by atoms with Gasteiger partial charge in [0.1, 0.15) is 0 Å². The molecule has 4 nitrogen and oxygen atoms in total. The Bertz CT molecular complexity index is 395. The second-order valence-electron chi connectivity index (χ2n) is 4.31. The van der Waals surface area contributed by atoms with E-state index in [1.54, 1.807) is 12.4 Å². The summed E-state index contributed by atoms with van der Waals surface area (Å²) in [5, 5.41) is 3.26. The highest BCUT2D eigenvalue weighted by atomic mass is 35.5. The van der Waals surface area contributed by atoms with Gasteiger partial charge in [0.25, 0.3) is 5.91 Å². The summed E-state index contributed by atoms with van der Waals surface area (Å²) in [4.78, 5) is 18.0. The quantitative estimate of drug-likeness (QED) is 0.902. The Kier molecular flexibility index (Phi) is 7.21. The Labute approximate surface area is 120 Å². The minimum Gasteiger partial charge on any atom is -0.337 e. The van der Waals surface area contributed by atoms with Gasteiger partial charge in [-0.2, -0.15) is 0 Å². The van der Waals surface area contributed by atoms with Crippen molar-refractivity contribution in [2.45, 2.75) is 19.4 Å². The van der Waals surface area contributed by atoms with E-state index in [1.165, 1.54) is 0 Å². The normalized spacial score (nSPS) is 17.6. The van der Waals surface area contributed by atoms with Gasteiger partial charge in [0.05, 0.1) is 5.56 Å². The molecule has 1 N–H and O–H groups in total. The molecule has 18 heavy (non-hydrogen) atoms. The van der Waals surface area contributed by atoms with Gasteiger partial charge in [0.2, 0.25) is 0 Å². The van der Waals surface area contributed by atoms with E-state index in [2.05, 4.69) is 10.3 Å². The highest BCUT2D eigenvalue weighted by Crippen LogP contribution is 2.11. The summed E-state index contributed by atoms with van der Waals surface area (Å²) in [6, 6.07) is 2.20. The molecule has 0 aromatic carbocycles. The van der Waals surface area contributed by atoms with Crippen molar-refractivity contribution in [3.05, 3.63) is 29.6 Å². The van der Waals surface area contributed by atoms with Gasteiger partial charge < -0.3 is 10.2 Å². The van der Waals surface area contributed by atoms with Crippen LogP contribution in [0.2, 0.25) is 0 Å². The van der Waals surface area contributed by atoms with Crippen LogP contribution in [0.4, 0.5) is 0 Å². The summed E-state index contributed by atoms with van der Waals surface area (Å²) in [5.41, 5.74) is 1.69. The van der Waals surface area contributed by atoms with Crippen LogP contribution in [-0.4, -0.2) is 42.0 Å². The van der Waals surface area contributed by atoms with Gasteiger partial charge in [-0.15, -0.1) is 24.8 Å². The van der Waals surface area contributed by atoms with Crippen LogP contribution in [0.5, 0.6) is 0 Å². The number of aryl methyl sites for hydroxylation is 1. The van der Waals surface area contributed by atoms with E-state index >= 15 is 0 Å². The Morgan fingerprint density at radius 2 is 2.17 bits per heavy atom. The molecular formula is C12H19Cl2N3O. The van der Waals surface area contributed by atoms with E-state index in [-0.39, 0.29) is 30.7 Å². The van der Waals surface area contributed by atoms with E-state index < -0.39 is 0 Å². The molecule has 0 radical (unpaired) electrons. The minimum absolute atomic E-state index is 0. The van der Waals surface area contributed by atoms with Crippen LogP contribution in [-0.2, 0) is 0 Å². The fourth-order valence-electron chi connectivity index (χ4n) is 2.01. The van der Waals surface area contributed by atoms with E-state index in [0.29, 0.717) is 11.6 Å². The molecular weight excluding hydrogens is 273 g/mol. The number of pyridine rings is 1. The molecule has 0 bridgehead atoms. The molecule has 0 spiro atoms. The summed E-state index contributed by atoms with van der Waals surface area (Å²) >= 11 is 0. The maximum atomic E-state index is 12.1. The zero-order valence-electron chi connectivity index (χ0n) is 10.5. The Morgan fingerprint density at radius 3 is 2.72 bits per heavy atom. The SMILES string of the molecule is Cc1cncc(C(=O)N(C)C2CCNC2)c1.Cl.Cl. The Morgan fingerprint density at radius 1 is 1.44 bits per heavy atom. The van der Waals surface area contributed by atoms with Crippen molar-refractivity contribution >= 4 is 30.7 Å². The molecule has 1 aromatic rings. The van der Waals surface area contributed by atoms with Gasteiger partial charge in [-0.1, -0.05) is 0 Å². The van der Waals surface area contributed by atoms with Crippen molar-refractivity contribution in [3.63, 3.8) is 0 Å². The number of hydrogen-bond acceptors (Lipinski definition) is 3. The van der Waals surface area contributed by atoms with Crippen LogP contribution in [0.1, 0.15) is 22.3 Å². The molecule has 1 saturated heterocycles. The molecule has 1 aliphatic heterocycles. The monoisotopic (exact) mass is 291 g/mol. The smallest absolute Gasteiger partial charge is 0.255 e. The average Bonchev–Trinajstić information content (AvgIpc) is 2.80. The summed E-state index contributed by atoms with van der Waals surface area (Å²) in [6.07, 6.45) is 4.42. The van der Waals surface area contributed by atoms with Crippen LogP contribution in [0.15, 0.2) is 18.5 Å². The topological polar surface area (TPSA) is 45.2 Å². The van der Waals surface area contributed by atoms with Gasteiger partial charge in [0.15, 0.2) is 0 Å². The Hall–Kier alpha value is -0.840. The number of carbonyl (C=O) groups is 1. The summed E-state index contributed by atoms with van der Waals surface area (Å²) < 4.78 is 0. The molecule has 6 heteroatoms. The van der Waals surface area contributed by atoms with E-state index in [4.69, 9.17) is 0 Å². The zero-order valence-corrected chi connectivity index (χ0v) is 12.2. The number of aromatic nitrogens is 1. The second-order valence-corrected chi connectivity index (χ2v) is 4.31. The fourth-order valence-corrected chi connectivity index (χ4v) is 2.01. The number of nitrogens with zero attached hydrogens (tertiary/aromatic N) is 2. The maximum Gasteiger partial charge on any atom is 0.255 e. The first-order valence-electron chi connectivity index (χ1n) is 5.58. The highest BCUT2D eigenvalue weighted by molar-refractivity contribution is 5.94. The lowest BCUT2D eigenvalue weighted by Gasteiger charge is -2.23. The van der Waals surface area contributed by atoms with Gasteiger partial charge in [0, 0.05) is 32.0 Å². The predicted octanol–water partition coefficient (Wildman–Crippen LogP) is 1.67. The van der Waals surface area contributed by atoms with Crippen LogP contribution in [0.25, 0.3) is 0 Å². The third-order valence-electron chi connectivity index (χ3n) is 3.02. The molecule has 1 aliphatic rings. The van der Waals surface area contributed by atoms with E-state index in [0.717, 1.165) is 25.1 Å². The summed E-state index contributed by atoms with van der Waals surface area (Å²) in [7, 11) is 1.86.